The van der Waals surface area contributed by atoms with Crippen LogP contribution in [0.15, 0.2) is 55.1 Å². The molecule has 0 aliphatic rings. The van der Waals surface area contributed by atoms with Crippen molar-refractivity contribution in [2.75, 3.05) is 0 Å². The predicted molar refractivity (Wildman–Crippen MR) is 169 cm³/mol. The molecule has 0 fully saturated rings. The summed E-state index contributed by atoms with van der Waals surface area (Å²) in [7, 11) is 0. The van der Waals surface area contributed by atoms with Crippen molar-refractivity contribution in [3.63, 3.8) is 0 Å². The molecule has 0 heteroatoms. The largest absolute Gasteiger partial charge is 0.106 e. The normalized spacial score (nSPS) is 9.40. The summed E-state index contributed by atoms with van der Waals surface area (Å²) >= 11 is 0. The van der Waals surface area contributed by atoms with Crippen LogP contribution in [0.5, 0.6) is 0 Å². The fourth-order valence-electron chi connectivity index (χ4n) is 3.35. The van der Waals surface area contributed by atoms with Crippen LogP contribution < -0.4 is 0 Å². The highest BCUT2D eigenvalue weighted by molar-refractivity contribution is 5.59. The molecule has 2 rings (SSSR count). The van der Waals surface area contributed by atoms with Gasteiger partial charge >= 0.3 is 0 Å². The summed E-state index contributed by atoms with van der Waals surface area (Å²) in [5.74, 6) is 0.654. The Morgan fingerprint density at radius 2 is 1.29 bits per heavy atom. The summed E-state index contributed by atoms with van der Waals surface area (Å²) in [5.41, 5.74) is 10.0. The number of benzene rings is 2. The minimum Gasteiger partial charge on any atom is -0.106 e. The smallest absolute Gasteiger partial charge is 0.0216 e. The van der Waals surface area contributed by atoms with Crippen molar-refractivity contribution in [2.45, 2.75) is 129 Å². The number of hydrogen-bond donors (Lipinski definition) is 0. The highest BCUT2D eigenvalue weighted by Gasteiger charge is 2.02. The van der Waals surface area contributed by atoms with E-state index in [0.29, 0.717) is 5.92 Å². The van der Waals surface area contributed by atoms with Crippen LogP contribution in [0.3, 0.4) is 0 Å². The van der Waals surface area contributed by atoms with Crippen molar-refractivity contribution in [1.82, 2.24) is 0 Å². The van der Waals surface area contributed by atoms with Gasteiger partial charge in [0, 0.05) is 0 Å². The standard InChI is InChI=1S/C16H24.C10H14.C3H8.2C2H6.C2H4/c1-6-8-15(7-2)11-16-10-12(3)9-13(4)14(16)5;1-8(2)10-7-5-4-6-9(10)3;1-3-2;3*1-2/h9-11H,6-8H2,1-5H3;4-8H,1-3H3;3H2,1-2H3;2*1-2H3;1-2H2/b15-11-;;;;;. The first kappa shape index (κ1) is 40.1. The Labute approximate surface area is 223 Å². The van der Waals surface area contributed by atoms with E-state index in [1.54, 1.807) is 5.57 Å². The highest BCUT2D eigenvalue weighted by Crippen LogP contribution is 2.21. The van der Waals surface area contributed by atoms with E-state index >= 15 is 0 Å². The molecular weight excluding hydrogens is 420 g/mol. The average Bonchev–Trinajstić information content (AvgIpc) is 2.86. The molecule has 0 aromatic heterocycles. The molecule has 0 aliphatic carbocycles. The number of rotatable bonds is 5. The first-order chi connectivity index (χ1) is 16.7. The minimum absolute atomic E-state index is 0.654. The van der Waals surface area contributed by atoms with Gasteiger partial charge in [-0.25, -0.2) is 0 Å². The molecule has 0 N–H and O–H groups in total. The van der Waals surface area contributed by atoms with Gasteiger partial charge < -0.3 is 0 Å². The maximum Gasteiger partial charge on any atom is -0.0216 e. The topological polar surface area (TPSA) is 0 Å². The maximum atomic E-state index is 3.00. The SMILES string of the molecule is C=C.CC.CC.CCC.CCC/C(=C\c1cc(C)cc(C)c1C)CC.Cc1ccccc1C(C)C. The summed E-state index contributed by atoms with van der Waals surface area (Å²) in [6, 6.07) is 13.1. The quantitative estimate of drug-likeness (QED) is 0.372. The molecule has 2 aromatic carbocycles. The Morgan fingerprint density at radius 3 is 1.66 bits per heavy atom. The van der Waals surface area contributed by atoms with Crippen molar-refractivity contribution in [3.8, 4) is 0 Å². The van der Waals surface area contributed by atoms with Crippen LogP contribution in [0.1, 0.15) is 134 Å². The second-order valence-electron chi connectivity index (χ2n) is 8.42. The lowest BCUT2D eigenvalue weighted by molar-refractivity contribution is 0.856. The Morgan fingerprint density at radius 1 is 0.800 bits per heavy atom. The van der Waals surface area contributed by atoms with Gasteiger partial charge in [0.25, 0.3) is 0 Å². The van der Waals surface area contributed by atoms with Gasteiger partial charge in [-0.1, -0.05) is 136 Å². The molecule has 0 saturated carbocycles. The zero-order valence-corrected chi connectivity index (χ0v) is 26.4. The average molecular weight is 483 g/mol. The summed E-state index contributed by atoms with van der Waals surface area (Å²) in [4.78, 5) is 0. The van der Waals surface area contributed by atoms with E-state index in [1.165, 1.54) is 59.1 Å². The van der Waals surface area contributed by atoms with Crippen LogP contribution in [-0.2, 0) is 0 Å². The maximum absolute atomic E-state index is 3.00. The van der Waals surface area contributed by atoms with Crippen molar-refractivity contribution in [2.24, 2.45) is 0 Å². The van der Waals surface area contributed by atoms with Crippen LogP contribution in [0, 0.1) is 27.7 Å². The monoisotopic (exact) mass is 482 g/mol. The van der Waals surface area contributed by atoms with Crippen LogP contribution >= 0.6 is 0 Å². The fourth-order valence-corrected chi connectivity index (χ4v) is 3.35. The van der Waals surface area contributed by atoms with Crippen molar-refractivity contribution in [3.05, 3.63) is 88.5 Å². The van der Waals surface area contributed by atoms with Crippen LogP contribution in [-0.4, -0.2) is 0 Å². The molecule has 0 heterocycles. The van der Waals surface area contributed by atoms with Crippen LogP contribution in [0.2, 0.25) is 0 Å². The predicted octanol–water partition coefficient (Wildman–Crippen LogP) is 12.6. The summed E-state index contributed by atoms with van der Waals surface area (Å²) < 4.78 is 0. The summed E-state index contributed by atoms with van der Waals surface area (Å²) in [6.07, 6.45) is 7.27. The van der Waals surface area contributed by atoms with Crippen molar-refractivity contribution >= 4 is 6.08 Å². The van der Waals surface area contributed by atoms with Crippen LogP contribution in [0.4, 0.5) is 0 Å². The van der Waals surface area contributed by atoms with Gasteiger partial charge in [0.2, 0.25) is 0 Å². The molecule has 0 radical (unpaired) electrons. The van der Waals surface area contributed by atoms with E-state index in [1.807, 2.05) is 27.7 Å². The van der Waals surface area contributed by atoms with E-state index in [0.717, 1.165) is 0 Å². The Kier molecular flexibility index (Phi) is 32.3. The molecule has 0 nitrogen and oxygen atoms in total. The molecule has 0 aliphatic heterocycles. The van der Waals surface area contributed by atoms with Crippen molar-refractivity contribution in [1.29, 1.82) is 0 Å². The zero-order chi connectivity index (χ0) is 28.4. The first-order valence-electron chi connectivity index (χ1n) is 14.0. The molecule has 0 atom stereocenters. The molecule has 0 spiro atoms. The Hall–Kier alpha value is -2.08. The zero-order valence-electron chi connectivity index (χ0n) is 26.4. The van der Waals surface area contributed by atoms with Gasteiger partial charge in [0.15, 0.2) is 0 Å². The first-order valence-corrected chi connectivity index (χ1v) is 14.0. The molecule has 0 saturated heterocycles. The van der Waals surface area contributed by atoms with Gasteiger partial charge in [-0.2, -0.15) is 0 Å². The molecule has 202 valence electrons. The van der Waals surface area contributed by atoms with Gasteiger partial charge in [-0.05, 0) is 74.3 Å². The summed E-state index contributed by atoms with van der Waals surface area (Å²) in [5, 5.41) is 0. The number of aryl methyl sites for hydroxylation is 3. The molecule has 0 amide bonds. The fraction of sp³-hybridized carbons (Fsp3) is 0.543. The van der Waals surface area contributed by atoms with E-state index in [2.05, 4.69) is 125 Å². The molecule has 0 unspecified atom stereocenters. The third-order valence-corrected chi connectivity index (χ3v) is 5.05. The lowest BCUT2D eigenvalue weighted by Crippen LogP contribution is -1.90. The second kappa shape index (κ2) is 28.2. The van der Waals surface area contributed by atoms with E-state index < -0.39 is 0 Å². The molecule has 35 heavy (non-hydrogen) atoms. The van der Waals surface area contributed by atoms with E-state index in [9.17, 15) is 0 Å². The lowest BCUT2D eigenvalue weighted by Gasteiger charge is -2.09. The molecular formula is C35H62. The third kappa shape index (κ3) is 19.9. The number of hydrogen-bond acceptors (Lipinski definition) is 0. The van der Waals surface area contributed by atoms with Crippen molar-refractivity contribution < 1.29 is 0 Å². The van der Waals surface area contributed by atoms with Gasteiger partial charge in [-0.15, -0.1) is 13.2 Å². The number of allylic oxidation sites excluding steroid dienone is 1. The lowest BCUT2D eigenvalue weighted by atomic mass is 9.96. The van der Waals surface area contributed by atoms with Crippen LogP contribution in [0.25, 0.3) is 6.08 Å². The molecule has 0 bridgehead atoms. The van der Waals surface area contributed by atoms with Gasteiger partial charge in [0.1, 0.15) is 0 Å². The third-order valence-electron chi connectivity index (χ3n) is 5.05. The van der Waals surface area contributed by atoms with Gasteiger partial charge in [-0.3, -0.25) is 0 Å². The molecule has 2 aromatic rings. The summed E-state index contributed by atoms with van der Waals surface area (Å²) in [6.45, 7) is 36.0. The minimum atomic E-state index is 0.654. The Bertz CT molecular complexity index is 747. The Balaban J connectivity index is -0.000000216. The highest BCUT2D eigenvalue weighted by atomic mass is 14.1. The van der Waals surface area contributed by atoms with E-state index in [-0.39, 0.29) is 0 Å². The second-order valence-corrected chi connectivity index (χ2v) is 8.42. The van der Waals surface area contributed by atoms with Gasteiger partial charge in [0.05, 0.1) is 0 Å². The van der Waals surface area contributed by atoms with E-state index in [4.69, 9.17) is 0 Å².